The summed E-state index contributed by atoms with van der Waals surface area (Å²) in [6.07, 6.45) is 1.58. The molecule has 7 heteroatoms. The first-order valence-electron chi connectivity index (χ1n) is 7.84. The van der Waals surface area contributed by atoms with E-state index in [1.54, 1.807) is 36.4 Å². The van der Waals surface area contributed by atoms with Gasteiger partial charge >= 0.3 is 0 Å². The number of anilines is 1. The average molecular weight is 384 g/mol. The highest BCUT2D eigenvalue weighted by atomic mass is 32.2. The van der Waals surface area contributed by atoms with Crippen LogP contribution in [0.25, 0.3) is 6.08 Å². The number of thiocarbonyl (C=S) groups is 1. The first-order chi connectivity index (χ1) is 12.4. The molecule has 0 atom stereocenters. The third kappa shape index (κ3) is 4.12. The van der Waals surface area contributed by atoms with Crippen LogP contribution < -0.4 is 5.32 Å². The third-order valence-corrected chi connectivity index (χ3v) is 5.08. The van der Waals surface area contributed by atoms with Gasteiger partial charge in [0.15, 0.2) is 0 Å². The van der Waals surface area contributed by atoms with Gasteiger partial charge < -0.3 is 10.4 Å². The van der Waals surface area contributed by atoms with Crippen LogP contribution in [-0.2, 0) is 9.59 Å². The van der Waals surface area contributed by atoms with Crippen molar-refractivity contribution < 1.29 is 14.7 Å². The van der Waals surface area contributed by atoms with E-state index in [9.17, 15) is 14.7 Å². The number of nitrogens with zero attached hydrogens (tertiary/aromatic N) is 1. The Labute approximate surface area is 160 Å². The highest BCUT2D eigenvalue weighted by Gasteiger charge is 2.33. The minimum Gasteiger partial charge on any atom is -0.507 e. The van der Waals surface area contributed by atoms with E-state index in [4.69, 9.17) is 12.2 Å². The second-order valence-electron chi connectivity index (χ2n) is 5.74. The van der Waals surface area contributed by atoms with Gasteiger partial charge in [-0.1, -0.05) is 54.3 Å². The topological polar surface area (TPSA) is 69.6 Å². The molecule has 1 saturated heterocycles. The maximum atomic E-state index is 12.6. The van der Waals surface area contributed by atoms with Crippen molar-refractivity contribution in [2.75, 3.05) is 11.9 Å². The molecule has 0 bridgehead atoms. The van der Waals surface area contributed by atoms with E-state index in [2.05, 4.69) is 5.32 Å². The predicted octanol–water partition coefficient (Wildman–Crippen LogP) is 3.54. The summed E-state index contributed by atoms with van der Waals surface area (Å²) in [7, 11) is 0. The Morgan fingerprint density at radius 2 is 2.04 bits per heavy atom. The van der Waals surface area contributed by atoms with Crippen molar-refractivity contribution in [1.29, 1.82) is 0 Å². The summed E-state index contributed by atoms with van der Waals surface area (Å²) in [4.78, 5) is 26.5. The molecule has 2 aromatic carbocycles. The van der Waals surface area contributed by atoms with E-state index in [0.29, 0.717) is 20.5 Å². The molecule has 0 radical (unpaired) electrons. The monoisotopic (exact) mass is 384 g/mol. The number of benzene rings is 2. The third-order valence-electron chi connectivity index (χ3n) is 3.70. The minimum absolute atomic E-state index is 0.0787. The van der Waals surface area contributed by atoms with Crippen LogP contribution in [0.4, 0.5) is 5.69 Å². The lowest BCUT2D eigenvalue weighted by Crippen LogP contribution is -2.36. The number of hydrogen-bond acceptors (Lipinski definition) is 5. The van der Waals surface area contributed by atoms with Crippen molar-refractivity contribution in [3.8, 4) is 5.75 Å². The van der Waals surface area contributed by atoms with Crippen molar-refractivity contribution in [3.05, 3.63) is 64.6 Å². The standard InChI is InChI=1S/C19H16N2O3S2/c1-12-5-4-7-14(9-12)20-17(23)11-21-18(24)16(26-19(21)25)10-13-6-2-3-8-15(13)22/h2-10,22H,11H2,1H3,(H,20,23)/b16-10-. The molecule has 0 aliphatic carbocycles. The van der Waals surface area contributed by atoms with Gasteiger partial charge in [0.2, 0.25) is 5.91 Å². The number of carbonyl (C=O) groups is 2. The van der Waals surface area contributed by atoms with Gasteiger partial charge in [-0.05, 0) is 36.8 Å². The molecule has 2 amide bonds. The molecule has 0 aromatic heterocycles. The van der Waals surface area contributed by atoms with Gasteiger partial charge in [0.25, 0.3) is 5.91 Å². The summed E-state index contributed by atoms with van der Waals surface area (Å²) in [5.74, 6) is -0.590. The molecule has 2 aromatic rings. The number of para-hydroxylation sites is 1. The fourth-order valence-corrected chi connectivity index (χ4v) is 3.70. The van der Waals surface area contributed by atoms with Gasteiger partial charge in [0, 0.05) is 11.3 Å². The van der Waals surface area contributed by atoms with Crippen molar-refractivity contribution in [3.63, 3.8) is 0 Å². The molecule has 1 heterocycles. The number of phenolic OH excluding ortho intramolecular Hbond substituents is 1. The van der Waals surface area contributed by atoms with E-state index >= 15 is 0 Å². The van der Waals surface area contributed by atoms with E-state index in [1.807, 2.05) is 25.1 Å². The number of aryl methyl sites for hydroxylation is 1. The normalized spacial score (nSPS) is 15.6. The van der Waals surface area contributed by atoms with E-state index in [0.717, 1.165) is 17.3 Å². The highest BCUT2D eigenvalue weighted by Crippen LogP contribution is 2.33. The molecule has 1 fully saturated rings. The SMILES string of the molecule is Cc1cccc(NC(=O)CN2C(=O)/C(=C/c3ccccc3O)SC2=S)c1. The van der Waals surface area contributed by atoms with Crippen LogP contribution in [0.3, 0.4) is 0 Å². The highest BCUT2D eigenvalue weighted by molar-refractivity contribution is 8.26. The van der Waals surface area contributed by atoms with Gasteiger partial charge in [-0.3, -0.25) is 14.5 Å². The van der Waals surface area contributed by atoms with Crippen LogP contribution in [0.2, 0.25) is 0 Å². The predicted molar refractivity (Wildman–Crippen MR) is 108 cm³/mol. The van der Waals surface area contributed by atoms with Crippen LogP contribution in [0.5, 0.6) is 5.75 Å². The van der Waals surface area contributed by atoms with Gasteiger partial charge in [0.1, 0.15) is 16.6 Å². The summed E-state index contributed by atoms with van der Waals surface area (Å²) in [6.45, 7) is 1.78. The fraction of sp³-hybridized carbons (Fsp3) is 0.105. The van der Waals surface area contributed by atoms with Crippen molar-refractivity contribution in [2.45, 2.75) is 6.92 Å². The molecule has 5 nitrogen and oxygen atoms in total. The number of carbonyl (C=O) groups excluding carboxylic acids is 2. The summed E-state index contributed by atoms with van der Waals surface area (Å²) >= 11 is 6.35. The summed E-state index contributed by atoms with van der Waals surface area (Å²) in [6, 6.07) is 14.1. The zero-order chi connectivity index (χ0) is 18.7. The molecule has 1 aliphatic heterocycles. The number of amides is 2. The Bertz CT molecular complexity index is 925. The first kappa shape index (κ1) is 18.2. The number of phenols is 1. The van der Waals surface area contributed by atoms with Crippen molar-refractivity contribution >= 4 is 51.9 Å². The van der Waals surface area contributed by atoms with Gasteiger partial charge in [-0.2, -0.15) is 0 Å². The average Bonchev–Trinajstić information content (AvgIpc) is 2.84. The van der Waals surface area contributed by atoms with Gasteiger partial charge in [0.05, 0.1) is 4.91 Å². The Morgan fingerprint density at radius 1 is 1.27 bits per heavy atom. The van der Waals surface area contributed by atoms with E-state index in [-0.39, 0.29) is 24.1 Å². The van der Waals surface area contributed by atoms with Gasteiger partial charge in [-0.25, -0.2) is 0 Å². The second-order valence-corrected chi connectivity index (χ2v) is 7.42. The molecule has 3 rings (SSSR count). The van der Waals surface area contributed by atoms with Crippen LogP contribution in [0.15, 0.2) is 53.4 Å². The lowest BCUT2D eigenvalue weighted by Gasteiger charge is -2.14. The van der Waals surface area contributed by atoms with Crippen molar-refractivity contribution in [2.24, 2.45) is 0 Å². The zero-order valence-electron chi connectivity index (χ0n) is 13.9. The maximum absolute atomic E-state index is 12.6. The largest absolute Gasteiger partial charge is 0.507 e. The summed E-state index contributed by atoms with van der Waals surface area (Å²) in [5, 5.41) is 12.6. The number of aromatic hydroxyl groups is 1. The molecular formula is C19H16N2O3S2. The smallest absolute Gasteiger partial charge is 0.266 e. The number of thioether (sulfide) groups is 1. The molecule has 0 unspecified atom stereocenters. The lowest BCUT2D eigenvalue weighted by atomic mass is 10.2. The Hall–Kier alpha value is -2.64. The minimum atomic E-state index is -0.345. The number of rotatable bonds is 4. The van der Waals surface area contributed by atoms with Crippen LogP contribution in [0, 0.1) is 6.92 Å². The summed E-state index contributed by atoms with van der Waals surface area (Å²) in [5.41, 5.74) is 2.22. The van der Waals surface area contributed by atoms with Crippen LogP contribution in [-0.4, -0.2) is 32.7 Å². The zero-order valence-corrected chi connectivity index (χ0v) is 15.6. The molecule has 132 valence electrons. The Morgan fingerprint density at radius 3 is 2.77 bits per heavy atom. The molecule has 0 saturated carbocycles. The number of nitrogens with one attached hydrogen (secondary N) is 1. The lowest BCUT2D eigenvalue weighted by molar-refractivity contribution is -0.126. The molecular weight excluding hydrogens is 368 g/mol. The Balaban J connectivity index is 1.71. The fourth-order valence-electron chi connectivity index (χ4n) is 2.45. The Kier molecular flexibility index (Phi) is 5.39. The second kappa shape index (κ2) is 7.72. The van der Waals surface area contributed by atoms with E-state index in [1.165, 1.54) is 4.90 Å². The first-order valence-corrected chi connectivity index (χ1v) is 9.06. The van der Waals surface area contributed by atoms with E-state index < -0.39 is 0 Å². The van der Waals surface area contributed by atoms with Gasteiger partial charge in [-0.15, -0.1) is 0 Å². The summed E-state index contributed by atoms with van der Waals surface area (Å²) < 4.78 is 0.316. The molecule has 2 N–H and O–H groups in total. The molecule has 0 spiro atoms. The van der Waals surface area contributed by atoms with Crippen LogP contribution >= 0.6 is 24.0 Å². The molecule has 26 heavy (non-hydrogen) atoms. The number of hydrogen-bond donors (Lipinski definition) is 2. The maximum Gasteiger partial charge on any atom is 0.266 e. The van der Waals surface area contributed by atoms with Crippen molar-refractivity contribution in [1.82, 2.24) is 4.90 Å². The molecule has 1 aliphatic rings. The van der Waals surface area contributed by atoms with Crippen LogP contribution in [0.1, 0.15) is 11.1 Å². The quantitative estimate of drug-likeness (QED) is 0.623.